The van der Waals surface area contributed by atoms with E-state index < -0.39 is 17.8 Å². The van der Waals surface area contributed by atoms with Crippen molar-refractivity contribution < 1.29 is 13.5 Å². The van der Waals surface area contributed by atoms with Crippen molar-refractivity contribution in [2.45, 2.75) is 39.2 Å². The number of para-hydroxylation sites is 2. The second-order valence-corrected chi connectivity index (χ2v) is 9.62. The summed E-state index contributed by atoms with van der Waals surface area (Å²) in [5, 5.41) is 3.42. The van der Waals surface area contributed by atoms with Gasteiger partial charge < -0.3 is 15.0 Å². The number of nitrogens with zero attached hydrogens (tertiary/aromatic N) is 6. The Morgan fingerprint density at radius 3 is 2.36 bits per heavy atom. The van der Waals surface area contributed by atoms with E-state index in [0.717, 1.165) is 6.42 Å². The second-order valence-electron chi connectivity index (χ2n) is 9.62. The average Bonchev–Trinajstić information content (AvgIpc) is 3.25. The normalized spacial score (nSPS) is 14.6. The third kappa shape index (κ3) is 5.13. The highest BCUT2D eigenvalue weighted by Crippen LogP contribution is 2.28. The molecule has 8 nitrogen and oxygen atoms in total. The molecule has 1 saturated heterocycles. The van der Waals surface area contributed by atoms with Crippen LogP contribution in [-0.2, 0) is 11.2 Å². The first-order chi connectivity index (χ1) is 17.3. The topological polar surface area (TPSA) is 81.0 Å². The molecule has 36 heavy (non-hydrogen) atoms. The Labute approximate surface area is 208 Å². The van der Waals surface area contributed by atoms with Crippen LogP contribution in [0.3, 0.4) is 0 Å². The highest BCUT2D eigenvalue weighted by Gasteiger charge is 2.26. The van der Waals surface area contributed by atoms with Gasteiger partial charge in [0.2, 0.25) is 17.8 Å². The largest absolute Gasteiger partial charge is 0.378 e. The Balaban J connectivity index is 1.57. The number of alkyl halides is 2. The van der Waals surface area contributed by atoms with Crippen LogP contribution in [0.1, 0.15) is 37.2 Å². The van der Waals surface area contributed by atoms with Crippen LogP contribution in [0.4, 0.5) is 20.7 Å². The van der Waals surface area contributed by atoms with Gasteiger partial charge in [0.05, 0.1) is 24.2 Å². The number of morpholine rings is 1. The third-order valence-corrected chi connectivity index (χ3v) is 6.10. The van der Waals surface area contributed by atoms with Crippen LogP contribution in [0, 0.1) is 6.92 Å². The zero-order valence-electron chi connectivity index (χ0n) is 20.6. The predicted octanol–water partition coefficient (Wildman–Crippen LogP) is 4.73. The molecule has 0 amide bonds. The summed E-state index contributed by atoms with van der Waals surface area (Å²) in [4.78, 5) is 20.0. The molecule has 1 N–H and O–H groups in total. The smallest absolute Gasteiger partial charge is 0.296 e. The molecule has 188 valence electrons. The number of aryl methyl sites for hydroxylation is 1. The number of hydrogen-bond donors (Lipinski definition) is 1. The molecule has 0 spiro atoms. The minimum atomic E-state index is -2.80. The molecule has 10 heteroatoms. The molecule has 0 atom stereocenters. The molecule has 2 aromatic carbocycles. The lowest BCUT2D eigenvalue weighted by Gasteiger charge is -2.29. The summed E-state index contributed by atoms with van der Waals surface area (Å²) in [5.74, 6) is 0.427. The fourth-order valence-corrected chi connectivity index (χ4v) is 4.38. The maximum atomic E-state index is 14.1. The second kappa shape index (κ2) is 9.77. The van der Waals surface area contributed by atoms with E-state index in [0.29, 0.717) is 49.2 Å². The zero-order chi connectivity index (χ0) is 25.3. The Morgan fingerprint density at radius 2 is 1.64 bits per heavy atom. The third-order valence-electron chi connectivity index (χ3n) is 6.10. The van der Waals surface area contributed by atoms with E-state index in [4.69, 9.17) is 4.74 Å². The number of imidazole rings is 1. The Morgan fingerprint density at radius 1 is 0.944 bits per heavy atom. The van der Waals surface area contributed by atoms with Crippen molar-refractivity contribution in [1.29, 1.82) is 0 Å². The van der Waals surface area contributed by atoms with Crippen molar-refractivity contribution in [3.63, 3.8) is 0 Å². The van der Waals surface area contributed by atoms with Crippen LogP contribution in [0.2, 0.25) is 0 Å². The van der Waals surface area contributed by atoms with Gasteiger partial charge in [-0.3, -0.25) is 4.57 Å². The summed E-state index contributed by atoms with van der Waals surface area (Å²) in [7, 11) is 0. The van der Waals surface area contributed by atoms with Gasteiger partial charge in [0.1, 0.15) is 0 Å². The molecular weight excluding hydrogens is 464 g/mol. The average molecular weight is 494 g/mol. The Bertz CT molecular complexity index is 1350. The molecule has 1 aliphatic rings. The van der Waals surface area contributed by atoms with Crippen molar-refractivity contribution in [2.75, 3.05) is 36.5 Å². The standard InChI is InChI=1S/C26H29F2N7O/c1-17-8-10-18(11-9-17)16-26(2,3)33-23-30-24(34-12-14-36-15-13-34)32-25(31-23)35-20-7-5-4-6-19(20)29-22(35)21(27)28/h4-11,21H,12-16H2,1-3H3,(H,30,31,32,33). The van der Waals surface area contributed by atoms with Gasteiger partial charge >= 0.3 is 0 Å². The molecule has 1 fully saturated rings. The van der Waals surface area contributed by atoms with E-state index >= 15 is 0 Å². The quantitative estimate of drug-likeness (QED) is 0.399. The van der Waals surface area contributed by atoms with Crippen molar-refractivity contribution in [3.8, 4) is 5.95 Å². The highest BCUT2D eigenvalue weighted by atomic mass is 19.3. The fraction of sp³-hybridized carbons (Fsp3) is 0.385. The van der Waals surface area contributed by atoms with Gasteiger partial charge in [0.25, 0.3) is 6.43 Å². The van der Waals surface area contributed by atoms with E-state index in [1.807, 2.05) is 4.90 Å². The number of halogens is 2. The summed E-state index contributed by atoms with van der Waals surface area (Å²) >= 11 is 0. The first-order valence-corrected chi connectivity index (χ1v) is 12.0. The van der Waals surface area contributed by atoms with Crippen molar-refractivity contribution in [2.24, 2.45) is 0 Å². The van der Waals surface area contributed by atoms with Gasteiger partial charge in [-0.15, -0.1) is 0 Å². The van der Waals surface area contributed by atoms with E-state index in [9.17, 15) is 8.78 Å². The van der Waals surface area contributed by atoms with Crippen LogP contribution in [0.25, 0.3) is 17.0 Å². The number of benzene rings is 2. The van der Waals surface area contributed by atoms with Gasteiger partial charge in [0, 0.05) is 18.6 Å². The minimum Gasteiger partial charge on any atom is -0.378 e. The van der Waals surface area contributed by atoms with Crippen molar-refractivity contribution in [1.82, 2.24) is 24.5 Å². The Hall–Kier alpha value is -3.66. The molecule has 0 aliphatic carbocycles. The van der Waals surface area contributed by atoms with Gasteiger partial charge in [-0.2, -0.15) is 15.0 Å². The number of rotatable bonds is 7. The number of nitrogens with one attached hydrogen (secondary N) is 1. The summed E-state index contributed by atoms with van der Waals surface area (Å²) in [6, 6.07) is 15.4. The van der Waals surface area contributed by atoms with Gasteiger partial charge in [-0.05, 0) is 44.9 Å². The number of aromatic nitrogens is 5. The number of fused-ring (bicyclic) bond motifs is 1. The van der Waals surface area contributed by atoms with Crippen molar-refractivity contribution >= 4 is 22.9 Å². The van der Waals surface area contributed by atoms with Gasteiger partial charge in [-0.1, -0.05) is 42.0 Å². The molecule has 5 rings (SSSR count). The van der Waals surface area contributed by atoms with Gasteiger partial charge in [0.15, 0.2) is 5.82 Å². The molecule has 1 aliphatic heterocycles. The first kappa shape index (κ1) is 24.1. The lowest BCUT2D eigenvalue weighted by molar-refractivity contribution is 0.122. The number of ether oxygens (including phenoxy) is 1. The molecule has 0 radical (unpaired) electrons. The maximum absolute atomic E-state index is 14.1. The molecular formula is C26H29F2N7O. The van der Waals surface area contributed by atoms with Crippen LogP contribution in [0.5, 0.6) is 0 Å². The molecule has 0 bridgehead atoms. The van der Waals surface area contributed by atoms with E-state index in [1.165, 1.54) is 15.7 Å². The molecule has 4 aromatic rings. The molecule has 2 aromatic heterocycles. The van der Waals surface area contributed by atoms with E-state index in [1.54, 1.807) is 24.3 Å². The highest BCUT2D eigenvalue weighted by molar-refractivity contribution is 5.77. The van der Waals surface area contributed by atoms with Crippen molar-refractivity contribution in [3.05, 3.63) is 65.5 Å². The monoisotopic (exact) mass is 493 g/mol. The van der Waals surface area contributed by atoms with Crippen LogP contribution >= 0.6 is 0 Å². The minimum absolute atomic E-state index is 0.101. The van der Waals surface area contributed by atoms with E-state index in [2.05, 4.69) is 70.3 Å². The fourth-order valence-electron chi connectivity index (χ4n) is 4.38. The van der Waals surface area contributed by atoms with Crippen LogP contribution in [0.15, 0.2) is 48.5 Å². The summed E-state index contributed by atoms with van der Waals surface area (Å²) < 4.78 is 34.9. The summed E-state index contributed by atoms with van der Waals surface area (Å²) in [6.45, 7) is 8.45. The summed E-state index contributed by atoms with van der Waals surface area (Å²) in [6.07, 6.45) is -2.08. The molecule has 0 unspecified atom stereocenters. The first-order valence-electron chi connectivity index (χ1n) is 12.0. The number of anilines is 2. The predicted molar refractivity (Wildman–Crippen MR) is 135 cm³/mol. The zero-order valence-corrected chi connectivity index (χ0v) is 20.6. The van der Waals surface area contributed by atoms with Gasteiger partial charge in [-0.25, -0.2) is 13.8 Å². The lowest BCUT2D eigenvalue weighted by atomic mass is 9.94. The number of hydrogen-bond acceptors (Lipinski definition) is 7. The van der Waals surface area contributed by atoms with Crippen LogP contribution in [-0.4, -0.2) is 56.3 Å². The molecule has 0 saturated carbocycles. The summed E-state index contributed by atoms with van der Waals surface area (Å²) in [5.41, 5.74) is 2.91. The van der Waals surface area contributed by atoms with Crippen LogP contribution < -0.4 is 10.2 Å². The lowest BCUT2D eigenvalue weighted by Crippen LogP contribution is -2.38. The maximum Gasteiger partial charge on any atom is 0.296 e. The SMILES string of the molecule is Cc1ccc(CC(C)(C)Nc2nc(N3CCOCC3)nc(-n3c(C(F)F)nc4ccccc43)n2)cc1. The van der Waals surface area contributed by atoms with E-state index in [-0.39, 0.29) is 5.95 Å². The Kier molecular flexibility index (Phi) is 6.53. The molecule has 3 heterocycles.